The summed E-state index contributed by atoms with van der Waals surface area (Å²) >= 11 is 1.66. The number of β-amino-alcohol motifs (C(OH)–C–C–N with tert-alkyl or cyclic N) is 1. The highest BCUT2D eigenvalue weighted by atomic mass is 32.1. The SMILES string of the molecule is CCn1c2ccccc2c2cc(N(C=O)N3CCN(C[C@@H](O)COc4ccc5sc(C)nc5c4)[C@@H](C)C3)ccc21. The summed E-state index contributed by atoms with van der Waals surface area (Å²) < 4.78 is 9.34. The quantitative estimate of drug-likeness (QED) is 0.256. The van der Waals surface area contributed by atoms with Crippen LogP contribution in [0.2, 0.25) is 0 Å². The molecule has 9 heteroatoms. The first-order chi connectivity index (χ1) is 19.4. The third kappa shape index (κ3) is 5.06. The van der Waals surface area contributed by atoms with Gasteiger partial charge in [0, 0.05) is 66.6 Å². The molecule has 1 aliphatic heterocycles. The lowest BCUT2D eigenvalue weighted by molar-refractivity contribution is -0.111. The number of amides is 1. The maximum Gasteiger partial charge on any atom is 0.228 e. The summed E-state index contributed by atoms with van der Waals surface area (Å²) in [5.41, 5.74) is 4.17. The molecule has 1 amide bonds. The Labute approximate surface area is 238 Å². The molecule has 6 rings (SSSR count). The first kappa shape index (κ1) is 26.7. The summed E-state index contributed by atoms with van der Waals surface area (Å²) in [6, 6.07) is 20.7. The van der Waals surface area contributed by atoms with Crippen LogP contribution in [0.15, 0.2) is 60.7 Å². The minimum atomic E-state index is -0.623. The van der Waals surface area contributed by atoms with Crippen molar-refractivity contribution in [2.75, 3.05) is 37.8 Å². The smallest absolute Gasteiger partial charge is 0.228 e. The number of carbonyl (C=O) groups is 1. The van der Waals surface area contributed by atoms with E-state index in [2.05, 4.69) is 69.7 Å². The van der Waals surface area contributed by atoms with E-state index in [1.807, 2.05) is 31.2 Å². The van der Waals surface area contributed by atoms with E-state index in [1.165, 1.54) is 16.4 Å². The van der Waals surface area contributed by atoms with Gasteiger partial charge in [0.2, 0.25) is 6.41 Å². The summed E-state index contributed by atoms with van der Waals surface area (Å²) in [5.74, 6) is 0.718. The van der Waals surface area contributed by atoms with Crippen LogP contribution < -0.4 is 9.75 Å². The number of para-hydroxylation sites is 1. The Hall–Kier alpha value is -3.50. The van der Waals surface area contributed by atoms with Crippen molar-refractivity contribution in [1.29, 1.82) is 0 Å². The summed E-state index contributed by atoms with van der Waals surface area (Å²) in [4.78, 5) is 19.1. The Morgan fingerprint density at radius 3 is 2.75 bits per heavy atom. The summed E-state index contributed by atoms with van der Waals surface area (Å²) in [6.07, 6.45) is 0.286. The fourth-order valence-electron chi connectivity index (χ4n) is 5.89. The van der Waals surface area contributed by atoms with Gasteiger partial charge in [-0.3, -0.25) is 9.69 Å². The van der Waals surface area contributed by atoms with Crippen molar-refractivity contribution in [2.45, 2.75) is 39.5 Å². The van der Waals surface area contributed by atoms with E-state index in [4.69, 9.17) is 4.74 Å². The Morgan fingerprint density at radius 1 is 1.12 bits per heavy atom. The number of aryl methyl sites for hydroxylation is 2. The van der Waals surface area contributed by atoms with Gasteiger partial charge in [-0.2, -0.15) is 0 Å². The molecule has 1 fully saturated rings. The zero-order valence-electron chi connectivity index (χ0n) is 23.2. The van der Waals surface area contributed by atoms with Crippen LogP contribution in [0, 0.1) is 6.92 Å². The number of piperazine rings is 1. The molecule has 0 radical (unpaired) electrons. The summed E-state index contributed by atoms with van der Waals surface area (Å²) in [7, 11) is 0. The summed E-state index contributed by atoms with van der Waals surface area (Å²) in [6.45, 7) is 10.0. The number of hydrogen-bond donors (Lipinski definition) is 1. The minimum absolute atomic E-state index is 0.158. The largest absolute Gasteiger partial charge is 0.491 e. The zero-order chi connectivity index (χ0) is 27.8. The molecule has 1 N–H and O–H groups in total. The van der Waals surface area contributed by atoms with Gasteiger partial charge in [-0.05, 0) is 57.2 Å². The van der Waals surface area contributed by atoms with Crippen LogP contribution in [0.3, 0.4) is 0 Å². The molecule has 0 aliphatic carbocycles. The number of carbonyl (C=O) groups excluding carboxylic acids is 1. The number of hydrogen-bond acceptors (Lipinski definition) is 7. The van der Waals surface area contributed by atoms with Gasteiger partial charge in [0.1, 0.15) is 18.5 Å². The molecule has 1 saturated heterocycles. The zero-order valence-corrected chi connectivity index (χ0v) is 24.0. The Morgan fingerprint density at radius 2 is 1.95 bits per heavy atom. The van der Waals surface area contributed by atoms with Gasteiger partial charge in [-0.1, -0.05) is 18.2 Å². The Balaban J connectivity index is 1.10. The van der Waals surface area contributed by atoms with Crippen molar-refractivity contribution in [3.8, 4) is 5.75 Å². The van der Waals surface area contributed by atoms with Crippen LogP contribution >= 0.6 is 11.3 Å². The Bertz CT molecular complexity index is 1660. The number of nitrogens with zero attached hydrogens (tertiary/aromatic N) is 5. The lowest BCUT2D eigenvalue weighted by Crippen LogP contribution is -2.58. The molecule has 0 spiro atoms. The molecule has 3 aromatic carbocycles. The minimum Gasteiger partial charge on any atom is -0.491 e. The number of thiazole rings is 1. The lowest BCUT2D eigenvalue weighted by Gasteiger charge is -2.43. The maximum absolute atomic E-state index is 12.3. The average Bonchev–Trinajstić information content (AvgIpc) is 3.49. The number of hydrazine groups is 1. The molecule has 5 aromatic rings. The molecule has 8 nitrogen and oxygen atoms in total. The van der Waals surface area contributed by atoms with Gasteiger partial charge in [-0.15, -0.1) is 11.3 Å². The van der Waals surface area contributed by atoms with Crippen LogP contribution in [0.1, 0.15) is 18.9 Å². The van der Waals surface area contributed by atoms with E-state index in [-0.39, 0.29) is 12.6 Å². The maximum atomic E-state index is 12.3. The third-order valence-electron chi connectivity index (χ3n) is 7.84. The van der Waals surface area contributed by atoms with E-state index in [9.17, 15) is 9.90 Å². The first-order valence-electron chi connectivity index (χ1n) is 13.9. The van der Waals surface area contributed by atoms with Crippen LogP contribution in [-0.2, 0) is 11.3 Å². The van der Waals surface area contributed by atoms with Crippen LogP contribution in [0.25, 0.3) is 32.0 Å². The van der Waals surface area contributed by atoms with Crippen molar-refractivity contribution >= 4 is 55.5 Å². The lowest BCUT2D eigenvalue weighted by atomic mass is 10.1. The number of aromatic nitrogens is 2. The topological polar surface area (TPSA) is 74.1 Å². The van der Waals surface area contributed by atoms with Gasteiger partial charge in [0.05, 0.1) is 20.9 Å². The molecule has 208 valence electrons. The van der Waals surface area contributed by atoms with Crippen molar-refractivity contribution in [3.05, 3.63) is 65.7 Å². The molecule has 40 heavy (non-hydrogen) atoms. The van der Waals surface area contributed by atoms with E-state index >= 15 is 0 Å². The molecule has 0 bridgehead atoms. The molecule has 1 aliphatic rings. The Kier molecular flexibility index (Phi) is 7.46. The van der Waals surface area contributed by atoms with Crippen LogP contribution in [0.5, 0.6) is 5.75 Å². The molecular weight excluding hydrogens is 522 g/mol. The average molecular weight is 558 g/mol. The standard InChI is InChI=1S/C31H35N5O3S/c1-4-35-29-8-6-5-7-26(29)27-15-23(9-11-30(27)35)36(20-37)34-14-13-33(21(2)17-34)18-24(38)19-39-25-10-12-31-28(16-25)32-22(3)40-31/h5-12,15-16,20-21,24,38H,4,13-14,17-19H2,1-3H3/t21-,24+/m0/s1. The molecule has 2 aromatic heterocycles. The number of aliphatic hydroxyl groups excluding tert-OH is 1. The van der Waals surface area contributed by atoms with Crippen molar-refractivity contribution in [1.82, 2.24) is 19.5 Å². The molecule has 2 atom stereocenters. The van der Waals surface area contributed by atoms with Gasteiger partial charge in [0.25, 0.3) is 0 Å². The van der Waals surface area contributed by atoms with Gasteiger partial charge in [0.15, 0.2) is 0 Å². The number of fused-ring (bicyclic) bond motifs is 4. The van der Waals surface area contributed by atoms with Crippen molar-refractivity contribution < 1.29 is 14.6 Å². The predicted molar refractivity (Wildman–Crippen MR) is 162 cm³/mol. The second-order valence-corrected chi connectivity index (χ2v) is 11.7. The number of rotatable bonds is 9. The van der Waals surface area contributed by atoms with Crippen molar-refractivity contribution in [2.24, 2.45) is 0 Å². The normalized spacial score (nSPS) is 17.6. The van der Waals surface area contributed by atoms with E-state index in [0.29, 0.717) is 19.6 Å². The highest BCUT2D eigenvalue weighted by Crippen LogP contribution is 2.32. The van der Waals surface area contributed by atoms with Gasteiger partial charge >= 0.3 is 0 Å². The van der Waals surface area contributed by atoms with E-state index < -0.39 is 6.10 Å². The second kappa shape index (κ2) is 11.2. The predicted octanol–water partition coefficient (Wildman–Crippen LogP) is 5.06. The van der Waals surface area contributed by atoms with Gasteiger partial charge < -0.3 is 14.4 Å². The molecular formula is C31H35N5O3S. The molecule has 0 unspecified atom stereocenters. The number of benzene rings is 3. The monoisotopic (exact) mass is 557 g/mol. The van der Waals surface area contributed by atoms with Gasteiger partial charge in [-0.25, -0.2) is 15.0 Å². The van der Waals surface area contributed by atoms with Crippen LogP contribution in [0.4, 0.5) is 5.69 Å². The highest BCUT2D eigenvalue weighted by Gasteiger charge is 2.29. The number of anilines is 1. The number of ether oxygens (including phenoxy) is 1. The second-order valence-electron chi connectivity index (χ2n) is 10.5. The number of aliphatic hydroxyl groups is 1. The highest BCUT2D eigenvalue weighted by molar-refractivity contribution is 7.18. The third-order valence-corrected chi connectivity index (χ3v) is 8.79. The van der Waals surface area contributed by atoms with E-state index in [1.54, 1.807) is 16.3 Å². The molecule has 0 saturated carbocycles. The van der Waals surface area contributed by atoms with E-state index in [0.717, 1.165) is 51.5 Å². The molecule has 3 heterocycles. The fourth-order valence-corrected chi connectivity index (χ4v) is 6.69. The first-order valence-corrected chi connectivity index (χ1v) is 14.7. The fraction of sp³-hybridized carbons (Fsp3) is 0.355. The summed E-state index contributed by atoms with van der Waals surface area (Å²) in [5, 5.41) is 18.0. The van der Waals surface area contributed by atoms with Crippen LogP contribution in [-0.4, -0.2) is 75.9 Å². The van der Waals surface area contributed by atoms with Crippen molar-refractivity contribution in [3.63, 3.8) is 0 Å².